The van der Waals surface area contributed by atoms with Gasteiger partial charge in [0.2, 0.25) is 10.0 Å². The van der Waals surface area contributed by atoms with Crippen LogP contribution in [0.3, 0.4) is 0 Å². The summed E-state index contributed by atoms with van der Waals surface area (Å²) in [7, 11) is -2.19. The van der Waals surface area contributed by atoms with Gasteiger partial charge in [0.1, 0.15) is 0 Å². The summed E-state index contributed by atoms with van der Waals surface area (Å²) in [6.07, 6.45) is 5.40. The summed E-state index contributed by atoms with van der Waals surface area (Å²) in [6, 6.07) is 13.0. The lowest BCUT2D eigenvalue weighted by Crippen LogP contribution is -2.30. The van der Waals surface area contributed by atoms with Crippen LogP contribution in [0.25, 0.3) is 0 Å². The number of hydrogen-bond donors (Lipinski definition) is 1. The number of benzene rings is 2. The number of nitrogens with one attached hydrogen (secondary N) is 1. The topological polar surface area (TPSA) is 66.5 Å². The van der Waals surface area contributed by atoms with Crippen LogP contribution in [0, 0.1) is 12.3 Å². The summed E-state index contributed by atoms with van der Waals surface area (Å²) >= 11 is 0. The van der Waals surface area contributed by atoms with E-state index in [1.54, 1.807) is 23.1 Å². The van der Waals surface area contributed by atoms with Gasteiger partial charge in [-0.25, -0.2) is 13.1 Å². The molecular formula is C18H18N2O3S. The molecule has 0 radical (unpaired) electrons. The van der Waals surface area contributed by atoms with Crippen molar-refractivity contribution < 1.29 is 13.2 Å². The Morgan fingerprint density at radius 2 is 1.88 bits per heavy atom. The number of nitrogens with zero attached hydrogens (tertiary/aromatic N) is 1. The Labute approximate surface area is 142 Å². The van der Waals surface area contributed by atoms with Gasteiger partial charge in [-0.3, -0.25) is 4.79 Å². The van der Waals surface area contributed by atoms with E-state index in [2.05, 4.69) is 10.6 Å². The SMILES string of the molecule is C#Cc1cccc(N(CC)C(=O)c2ccc(S(=O)(=O)NC)cc2)c1. The predicted molar refractivity (Wildman–Crippen MR) is 94.4 cm³/mol. The minimum atomic E-state index is -3.52. The van der Waals surface area contributed by atoms with Gasteiger partial charge >= 0.3 is 0 Å². The summed E-state index contributed by atoms with van der Waals surface area (Å²) in [6.45, 7) is 2.32. The molecular weight excluding hydrogens is 324 g/mol. The Kier molecular flexibility index (Phi) is 5.39. The third-order valence-corrected chi connectivity index (χ3v) is 5.00. The number of carbonyl (C=O) groups is 1. The minimum absolute atomic E-state index is 0.110. The molecule has 0 fully saturated rings. The molecule has 0 bridgehead atoms. The van der Waals surface area contributed by atoms with Crippen molar-refractivity contribution in [2.45, 2.75) is 11.8 Å². The van der Waals surface area contributed by atoms with Gasteiger partial charge < -0.3 is 4.90 Å². The summed E-state index contributed by atoms with van der Waals surface area (Å²) in [5, 5.41) is 0. The molecule has 2 aromatic carbocycles. The van der Waals surface area contributed by atoms with Crippen LogP contribution in [-0.2, 0) is 10.0 Å². The minimum Gasteiger partial charge on any atom is -0.309 e. The molecule has 0 aliphatic carbocycles. The van der Waals surface area contributed by atoms with Gasteiger partial charge in [-0.1, -0.05) is 12.0 Å². The number of rotatable bonds is 5. The molecule has 0 saturated heterocycles. The third-order valence-electron chi connectivity index (χ3n) is 3.57. The molecule has 0 spiro atoms. The molecule has 5 nitrogen and oxygen atoms in total. The predicted octanol–water partition coefficient (Wildman–Crippen LogP) is 2.24. The van der Waals surface area contributed by atoms with Crippen molar-refractivity contribution in [2.75, 3.05) is 18.5 Å². The van der Waals surface area contributed by atoms with Gasteiger partial charge in [0, 0.05) is 23.4 Å². The molecule has 0 aliphatic rings. The highest BCUT2D eigenvalue weighted by Gasteiger charge is 2.18. The van der Waals surface area contributed by atoms with E-state index < -0.39 is 10.0 Å². The van der Waals surface area contributed by atoms with Crippen molar-refractivity contribution in [1.29, 1.82) is 0 Å². The van der Waals surface area contributed by atoms with Crippen molar-refractivity contribution in [2.24, 2.45) is 0 Å². The first-order valence-corrected chi connectivity index (χ1v) is 8.83. The Balaban J connectivity index is 2.33. The van der Waals surface area contributed by atoms with Gasteiger partial charge in [0.25, 0.3) is 5.91 Å². The molecule has 1 N–H and O–H groups in total. The van der Waals surface area contributed by atoms with Gasteiger partial charge in [-0.2, -0.15) is 0 Å². The van der Waals surface area contributed by atoms with Crippen LogP contribution in [0.5, 0.6) is 0 Å². The molecule has 0 heterocycles. The number of sulfonamides is 1. The lowest BCUT2D eigenvalue weighted by molar-refractivity contribution is 0.0988. The monoisotopic (exact) mass is 342 g/mol. The summed E-state index contributed by atoms with van der Waals surface area (Å²) in [4.78, 5) is 14.4. The number of carbonyl (C=O) groups excluding carboxylic acids is 1. The molecule has 0 atom stereocenters. The second-order valence-corrected chi connectivity index (χ2v) is 6.86. The first-order chi connectivity index (χ1) is 11.4. The smallest absolute Gasteiger partial charge is 0.258 e. The van der Waals surface area contributed by atoms with Crippen LogP contribution in [0.2, 0.25) is 0 Å². The number of anilines is 1. The van der Waals surface area contributed by atoms with Crippen LogP contribution in [0.4, 0.5) is 5.69 Å². The average molecular weight is 342 g/mol. The fraction of sp³-hybridized carbons (Fsp3) is 0.167. The van der Waals surface area contributed by atoms with Crippen LogP contribution < -0.4 is 9.62 Å². The first-order valence-electron chi connectivity index (χ1n) is 7.35. The largest absolute Gasteiger partial charge is 0.309 e. The van der Waals surface area contributed by atoms with E-state index in [1.807, 2.05) is 13.0 Å². The molecule has 6 heteroatoms. The molecule has 0 unspecified atom stereocenters. The van der Waals surface area contributed by atoms with Crippen LogP contribution in [-0.4, -0.2) is 27.9 Å². The lowest BCUT2D eigenvalue weighted by atomic mass is 10.1. The Hall–Kier alpha value is -2.62. The van der Waals surface area contributed by atoms with Crippen molar-refractivity contribution in [3.05, 3.63) is 59.7 Å². The zero-order chi connectivity index (χ0) is 17.7. The maximum Gasteiger partial charge on any atom is 0.258 e. The number of hydrogen-bond acceptors (Lipinski definition) is 3. The van der Waals surface area contributed by atoms with Crippen molar-refractivity contribution >= 4 is 21.6 Å². The molecule has 0 aliphatic heterocycles. The Morgan fingerprint density at radius 3 is 2.42 bits per heavy atom. The van der Waals surface area contributed by atoms with Crippen molar-refractivity contribution in [1.82, 2.24) is 4.72 Å². The molecule has 2 aromatic rings. The van der Waals surface area contributed by atoms with E-state index in [-0.39, 0.29) is 10.8 Å². The highest BCUT2D eigenvalue weighted by atomic mass is 32.2. The quantitative estimate of drug-likeness (QED) is 0.848. The zero-order valence-electron chi connectivity index (χ0n) is 13.5. The van der Waals surface area contributed by atoms with Crippen LogP contribution >= 0.6 is 0 Å². The third kappa shape index (κ3) is 3.65. The first kappa shape index (κ1) is 17.7. The number of terminal acetylenes is 1. The molecule has 0 saturated carbocycles. The highest BCUT2D eigenvalue weighted by molar-refractivity contribution is 7.89. The number of amides is 1. The molecule has 1 amide bonds. The maximum atomic E-state index is 12.7. The van der Waals surface area contributed by atoms with Gasteiger partial charge in [-0.05, 0) is 56.4 Å². The van der Waals surface area contributed by atoms with E-state index in [0.29, 0.717) is 23.4 Å². The van der Waals surface area contributed by atoms with Crippen molar-refractivity contribution in [3.8, 4) is 12.3 Å². The average Bonchev–Trinajstić information content (AvgIpc) is 2.62. The molecule has 124 valence electrons. The van der Waals surface area contributed by atoms with E-state index >= 15 is 0 Å². The van der Waals surface area contributed by atoms with E-state index in [9.17, 15) is 13.2 Å². The van der Waals surface area contributed by atoms with Crippen LogP contribution in [0.15, 0.2) is 53.4 Å². The summed E-state index contributed by atoms with van der Waals surface area (Å²) in [5.41, 5.74) is 1.79. The summed E-state index contributed by atoms with van der Waals surface area (Å²) < 4.78 is 25.7. The second-order valence-electron chi connectivity index (χ2n) is 4.98. The lowest BCUT2D eigenvalue weighted by Gasteiger charge is -2.21. The second kappa shape index (κ2) is 7.30. The van der Waals surface area contributed by atoms with Gasteiger partial charge in [0.05, 0.1) is 4.90 Å². The zero-order valence-corrected chi connectivity index (χ0v) is 14.3. The fourth-order valence-electron chi connectivity index (χ4n) is 2.26. The van der Waals surface area contributed by atoms with E-state index in [1.165, 1.54) is 31.3 Å². The van der Waals surface area contributed by atoms with Gasteiger partial charge in [0.15, 0.2) is 0 Å². The van der Waals surface area contributed by atoms with E-state index in [0.717, 1.165) is 0 Å². The fourth-order valence-corrected chi connectivity index (χ4v) is 2.99. The highest BCUT2D eigenvalue weighted by Crippen LogP contribution is 2.19. The summed E-state index contributed by atoms with van der Waals surface area (Å²) in [5.74, 6) is 2.32. The standard InChI is InChI=1S/C18H18N2O3S/c1-4-14-7-6-8-16(13-14)20(5-2)18(21)15-9-11-17(12-10-15)24(22,23)19-3/h1,6-13,19H,5H2,2-3H3. The maximum absolute atomic E-state index is 12.7. The Bertz CT molecular complexity index is 881. The van der Waals surface area contributed by atoms with Gasteiger partial charge in [-0.15, -0.1) is 6.42 Å². The normalized spacial score (nSPS) is 10.9. The molecule has 24 heavy (non-hydrogen) atoms. The Morgan fingerprint density at radius 1 is 1.21 bits per heavy atom. The van der Waals surface area contributed by atoms with Crippen molar-refractivity contribution in [3.63, 3.8) is 0 Å². The molecule has 0 aromatic heterocycles. The van der Waals surface area contributed by atoms with E-state index in [4.69, 9.17) is 6.42 Å². The molecule has 2 rings (SSSR count). The van der Waals surface area contributed by atoms with Crippen LogP contribution in [0.1, 0.15) is 22.8 Å².